The number of rotatable bonds is 6. The number of halogens is 1. The number of fused-ring (bicyclic) bond motifs is 1. The molecule has 0 radical (unpaired) electrons. The van der Waals surface area contributed by atoms with E-state index in [1.807, 2.05) is 19.1 Å². The number of likely N-dealkylation sites (tertiary alicyclic amines) is 1. The van der Waals surface area contributed by atoms with Gasteiger partial charge < -0.3 is 21.1 Å². The first-order chi connectivity index (χ1) is 17.7. The fraction of sp³-hybridized carbons (Fsp3) is 0.276. The second-order valence-electron chi connectivity index (χ2n) is 9.95. The Labute approximate surface area is 215 Å². The Morgan fingerprint density at radius 1 is 1.11 bits per heavy atom. The fourth-order valence-corrected chi connectivity index (χ4v) is 4.93. The van der Waals surface area contributed by atoms with E-state index in [2.05, 4.69) is 22.2 Å². The second-order valence-corrected chi connectivity index (χ2v) is 9.95. The number of anilines is 2. The summed E-state index contributed by atoms with van der Waals surface area (Å²) in [6.07, 6.45) is 3.50. The predicted molar refractivity (Wildman–Crippen MR) is 143 cm³/mol. The number of benzene rings is 2. The van der Waals surface area contributed by atoms with Gasteiger partial charge >= 0.3 is 0 Å². The number of piperidine rings is 1. The molecule has 1 unspecified atom stereocenters. The van der Waals surface area contributed by atoms with E-state index in [9.17, 15) is 9.90 Å². The van der Waals surface area contributed by atoms with Crippen LogP contribution in [0.2, 0.25) is 0 Å². The van der Waals surface area contributed by atoms with Gasteiger partial charge in [-0.2, -0.15) is 0 Å². The highest BCUT2D eigenvalue weighted by molar-refractivity contribution is 5.94. The number of aromatic nitrogens is 2. The lowest BCUT2D eigenvalue weighted by molar-refractivity contribution is -0.0334. The van der Waals surface area contributed by atoms with Gasteiger partial charge in [0.25, 0.3) is 0 Å². The van der Waals surface area contributed by atoms with Crippen LogP contribution in [0.25, 0.3) is 22.0 Å². The third-order valence-electron chi connectivity index (χ3n) is 7.32. The number of nitrogens with zero attached hydrogens (tertiary/aromatic N) is 3. The van der Waals surface area contributed by atoms with E-state index < -0.39 is 17.3 Å². The van der Waals surface area contributed by atoms with E-state index in [1.54, 1.807) is 48.7 Å². The summed E-state index contributed by atoms with van der Waals surface area (Å²) in [5.74, 6) is -0.425. The van der Waals surface area contributed by atoms with Gasteiger partial charge in [0.15, 0.2) is 0 Å². The van der Waals surface area contributed by atoms with Crippen LogP contribution in [0.1, 0.15) is 35.8 Å². The van der Waals surface area contributed by atoms with Gasteiger partial charge in [-0.15, -0.1) is 0 Å². The van der Waals surface area contributed by atoms with Crippen molar-refractivity contribution in [1.29, 1.82) is 0 Å². The number of pyridine rings is 2. The highest BCUT2D eigenvalue weighted by Gasteiger charge is 2.36. The van der Waals surface area contributed by atoms with Crippen LogP contribution in [0, 0.1) is 11.7 Å². The second kappa shape index (κ2) is 9.88. The summed E-state index contributed by atoms with van der Waals surface area (Å²) in [6.45, 7) is 3.74. The van der Waals surface area contributed by atoms with E-state index in [4.69, 9.17) is 10.7 Å². The van der Waals surface area contributed by atoms with Crippen LogP contribution in [0.15, 0.2) is 66.9 Å². The number of hydrogen-bond acceptors (Lipinski definition) is 6. The molecule has 1 amide bonds. The van der Waals surface area contributed by atoms with E-state index in [0.717, 1.165) is 31.3 Å². The highest BCUT2D eigenvalue weighted by Crippen LogP contribution is 2.36. The summed E-state index contributed by atoms with van der Waals surface area (Å²) in [5.41, 5.74) is 7.56. The number of aliphatic hydroxyl groups is 1. The molecule has 37 heavy (non-hydrogen) atoms. The molecule has 4 aromatic rings. The van der Waals surface area contributed by atoms with Crippen molar-refractivity contribution in [2.24, 2.45) is 11.7 Å². The highest BCUT2D eigenvalue weighted by atomic mass is 19.1. The molecule has 0 bridgehead atoms. The van der Waals surface area contributed by atoms with Crippen LogP contribution in [0.3, 0.4) is 0 Å². The van der Waals surface area contributed by atoms with Gasteiger partial charge in [-0.1, -0.05) is 18.2 Å². The van der Waals surface area contributed by atoms with Crippen LogP contribution in [-0.4, -0.2) is 46.0 Å². The molecule has 3 heterocycles. The molecule has 8 heteroatoms. The molecule has 190 valence electrons. The molecule has 7 nitrogen and oxygen atoms in total. The fourth-order valence-electron chi connectivity index (χ4n) is 4.93. The number of hydrogen-bond donors (Lipinski definition) is 3. The molecule has 5 rings (SSSR count). The van der Waals surface area contributed by atoms with E-state index in [-0.39, 0.29) is 11.6 Å². The van der Waals surface area contributed by atoms with Gasteiger partial charge in [0.05, 0.1) is 16.9 Å². The third-order valence-corrected chi connectivity index (χ3v) is 7.32. The maximum absolute atomic E-state index is 15.0. The minimum Gasteiger partial charge on any atom is -0.384 e. The smallest absolute Gasteiger partial charge is 0.248 e. The summed E-state index contributed by atoms with van der Waals surface area (Å²) in [6, 6.07) is 17.1. The Hall–Kier alpha value is -3.88. The van der Waals surface area contributed by atoms with Crippen LogP contribution < -0.4 is 11.1 Å². The van der Waals surface area contributed by atoms with Gasteiger partial charge in [-0.05, 0) is 93.3 Å². The lowest BCUT2D eigenvalue weighted by atomic mass is 9.79. The summed E-state index contributed by atoms with van der Waals surface area (Å²) in [4.78, 5) is 22.9. The van der Waals surface area contributed by atoms with Crippen molar-refractivity contribution >= 4 is 28.3 Å². The molecule has 1 atom stereocenters. The Morgan fingerprint density at radius 2 is 1.86 bits per heavy atom. The quantitative estimate of drug-likeness (QED) is 0.351. The average molecular weight is 500 g/mol. The number of nitrogens with one attached hydrogen (secondary N) is 1. The van der Waals surface area contributed by atoms with Crippen molar-refractivity contribution in [1.82, 2.24) is 14.9 Å². The lowest BCUT2D eigenvalue weighted by Gasteiger charge is -2.38. The van der Waals surface area contributed by atoms with E-state index >= 15 is 4.39 Å². The zero-order valence-electron chi connectivity index (χ0n) is 20.9. The predicted octanol–water partition coefficient (Wildman–Crippen LogP) is 4.83. The number of amides is 1. The molecular formula is C29H30FN5O2. The first kappa shape index (κ1) is 24.8. The molecule has 0 saturated carbocycles. The minimum absolute atomic E-state index is 0.129. The van der Waals surface area contributed by atoms with Crippen molar-refractivity contribution in [3.8, 4) is 11.1 Å². The molecule has 4 N–H and O–H groups in total. The van der Waals surface area contributed by atoms with Crippen molar-refractivity contribution < 1.29 is 14.3 Å². The van der Waals surface area contributed by atoms with Crippen LogP contribution in [0.4, 0.5) is 15.9 Å². The Balaban J connectivity index is 1.39. The molecular weight excluding hydrogens is 469 g/mol. The monoisotopic (exact) mass is 499 g/mol. The minimum atomic E-state index is -1.04. The van der Waals surface area contributed by atoms with Gasteiger partial charge in [0.1, 0.15) is 17.2 Å². The zero-order chi connectivity index (χ0) is 26.2. The average Bonchev–Trinajstić information content (AvgIpc) is 2.89. The van der Waals surface area contributed by atoms with Crippen LogP contribution in [-0.2, 0) is 5.60 Å². The number of nitrogens with two attached hydrogens (primary N) is 1. The van der Waals surface area contributed by atoms with Crippen molar-refractivity contribution in [3.63, 3.8) is 0 Å². The number of primary amides is 1. The van der Waals surface area contributed by atoms with Gasteiger partial charge in [0, 0.05) is 23.2 Å². The van der Waals surface area contributed by atoms with Crippen molar-refractivity contribution in [2.45, 2.75) is 25.4 Å². The Kier molecular flexibility index (Phi) is 6.62. The maximum Gasteiger partial charge on any atom is 0.248 e. The van der Waals surface area contributed by atoms with Crippen LogP contribution >= 0.6 is 0 Å². The summed E-state index contributed by atoms with van der Waals surface area (Å²) in [5, 5.41) is 15.2. The molecule has 1 aliphatic rings. The Bertz CT molecular complexity index is 1460. The molecule has 0 spiro atoms. The first-order valence-electron chi connectivity index (χ1n) is 12.4. The van der Waals surface area contributed by atoms with Crippen LogP contribution in [0.5, 0.6) is 0 Å². The van der Waals surface area contributed by atoms with Gasteiger partial charge in [-0.25, -0.2) is 14.4 Å². The number of carbonyl (C=O) groups excluding carboxylic acids is 1. The summed E-state index contributed by atoms with van der Waals surface area (Å²) in [7, 11) is 2.10. The third kappa shape index (κ3) is 5.16. The lowest BCUT2D eigenvalue weighted by Crippen LogP contribution is -2.41. The topological polar surface area (TPSA) is 104 Å². The molecule has 1 aliphatic heterocycles. The standard InChI is InChI=1S/C29H30FN5O2/c1-29(37,22-10-12-35(2)13-11-22)26-9-7-21-17-32-27(16-25(21)33-26)34-24-8-6-19(15-23(24)30)18-4-3-5-20(14-18)28(31)36/h3-9,14-17,22,37H,10-13H2,1-2H3,(H2,31,36)(H,32,34). The summed E-state index contributed by atoms with van der Waals surface area (Å²) >= 11 is 0. The Morgan fingerprint density at radius 3 is 2.59 bits per heavy atom. The molecule has 1 saturated heterocycles. The molecule has 0 aliphatic carbocycles. The van der Waals surface area contributed by atoms with E-state index in [0.29, 0.717) is 33.7 Å². The first-order valence-corrected chi connectivity index (χ1v) is 12.4. The van der Waals surface area contributed by atoms with Gasteiger partial charge in [-0.3, -0.25) is 4.79 Å². The largest absolute Gasteiger partial charge is 0.384 e. The number of carbonyl (C=O) groups is 1. The SMILES string of the molecule is CN1CCC(C(C)(O)c2ccc3cnc(Nc4ccc(-c5cccc(C(N)=O)c5)cc4F)cc3n2)CC1. The molecule has 2 aromatic carbocycles. The maximum atomic E-state index is 15.0. The molecule has 2 aromatic heterocycles. The normalized spacial score (nSPS) is 16.4. The van der Waals surface area contributed by atoms with Gasteiger partial charge in [0.2, 0.25) is 5.91 Å². The van der Waals surface area contributed by atoms with E-state index in [1.165, 1.54) is 6.07 Å². The molecule has 1 fully saturated rings. The summed E-state index contributed by atoms with van der Waals surface area (Å²) < 4.78 is 15.0. The van der Waals surface area contributed by atoms with Crippen molar-refractivity contribution in [2.75, 3.05) is 25.5 Å². The zero-order valence-corrected chi connectivity index (χ0v) is 20.9. The van der Waals surface area contributed by atoms with Crippen molar-refractivity contribution in [3.05, 3.63) is 83.9 Å².